The highest BCUT2D eigenvalue weighted by molar-refractivity contribution is 5.67. The van der Waals surface area contributed by atoms with E-state index in [9.17, 15) is 19.8 Å². The second-order valence-corrected chi connectivity index (χ2v) is 3.89. The highest BCUT2D eigenvalue weighted by atomic mass is 16.7. The fraction of sp³-hybridized carbons (Fsp3) is 0.800. The minimum Gasteiger partial charge on any atom is -0.453 e. The van der Waals surface area contributed by atoms with Crippen molar-refractivity contribution in [1.82, 2.24) is 0 Å². The first-order chi connectivity index (χ1) is 8.36. The first-order valence-corrected chi connectivity index (χ1v) is 5.33. The van der Waals surface area contributed by atoms with Crippen LogP contribution >= 0.6 is 0 Å². The number of carbonyl (C=O) groups excluding carboxylic acids is 2. The van der Waals surface area contributed by atoms with Crippen LogP contribution in [0.15, 0.2) is 0 Å². The third kappa shape index (κ3) is 3.39. The first kappa shape index (κ1) is 14.8. The molecule has 8 heteroatoms. The third-order valence-electron chi connectivity index (χ3n) is 2.41. The van der Waals surface area contributed by atoms with Gasteiger partial charge in [0.05, 0.1) is 6.61 Å². The largest absolute Gasteiger partial charge is 0.453 e. The number of hydrogen-bond donors (Lipinski definition) is 3. The standard InChI is InChI=1S/C10H16O8/c1-4(12)16-9-8(15)7(14)6(3-11)18-10(9)17-5(2)13/h6-11,14-15H,3H2,1-2H3/t6-,7+,8+,9-,10-/m1/s1. The molecule has 0 aromatic heterocycles. The Kier molecular flexibility index (Phi) is 5.03. The second-order valence-electron chi connectivity index (χ2n) is 3.89. The Labute approximate surface area is 103 Å². The topological polar surface area (TPSA) is 123 Å². The van der Waals surface area contributed by atoms with Crippen LogP contribution in [0, 0.1) is 0 Å². The van der Waals surface area contributed by atoms with Crippen molar-refractivity contribution in [3.05, 3.63) is 0 Å². The summed E-state index contributed by atoms with van der Waals surface area (Å²) < 4.78 is 14.5. The van der Waals surface area contributed by atoms with Crippen LogP contribution in [0.3, 0.4) is 0 Å². The van der Waals surface area contributed by atoms with Crippen molar-refractivity contribution in [3.63, 3.8) is 0 Å². The lowest BCUT2D eigenvalue weighted by Crippen LogP contribution is -2.60. The number of ether oxygens (including phenoxy) is 3. The Balaban J connectivity index is 2.86. The van der Waals surface area contributed by atoms with Gasteiger partial charge in [-0.25, -0.2) is 0 Å². The van der Waals surface area contributed by atoms with Crippen LogP contribution in [0.4, 0.5) is 0 Å². The number of esters is 2. The van der Waals surface area contributed by atoms with Crippen LogP contribution in [0.1, 0.15) is 13.8 Å². The maximum Gasteiger partial charge on any atom is 0.305 e. The van der Waals surface area contributed by atoms with Crippen molar-refractivity contribution in [3.8, 4) is 0 Å². The van der Waals surface area contributed by atoms with Gasteiger partial charge in [0.25, 0.3) is 0 Å². The molecule has 1 fully saturated rings. The molecule has 1 rings (SSSR count). The Morgan fingerprint density at radius 1 is 1.11 bits per heavy atom. The summed E-state index contributed by atoms with van der Waals surface area (Å²) in [4.78, 5) is 21.8. The van der Waals surface area contributed by atoms with Gasteiger partial charge in [0.2, 0.25) is 6.29 Å². The van der Waals surface area contributed by atoms with Crippen LogP contribution in [0.25, 0.3) is 0 Å². The number of rotatable bonds is 3. The molecule has 1 heterocycles. The predicted octanol–water partition coefficient (Wildman–Crippen LogP) is -2.08. The molecule has 0 bridgehead atoms. The molecular formula is C10H16O8. The zero-order chi connectivity index (χ0) is 13.9. The van der Waals surface area contributed by atoms with E-state index >= 15 is 0 Å². The summed E-state index contributed by atoms with van der Waals surface area (Å²) in [6, 6.07) is 0. The van der Waals surface area contributed by atoms with E-state index in [1.807, 2.05) is 0 Å². The van der Waals surface area contributed by atoms with Gasteiger partial charge in [0.1, 0.15) is 18.3 Å². The lowest BCUT2D eigenvalue weighted by atomic mass is 9.99. The summed E-state index contributed by atoms with van der Waals surface area (Å²) in [5, 5.41) is 28.3. The zero-order valence-corrected chi connectivity index (χ0v) is 9.98. The fourth-order valence-corrected chi connectivity index (χ4v) is 1.63. The molecule has 5 atom stereocenters. The third-order valence-corrected chi connectivity index (χ3v) is 2.41. The summed E-state index contributed by atoms with van der Waals surface area (Å²) in [7, 11) is 0. The minimum absolute atomic E-state index is 0.581. The molecule has 0 radical (unpaired) electrons. The zero-order valence-electron chi connectivity index (χ0n) is 9.98. The predicted molar refractivity (Wildman–Crippen MR) is 55.1 cm³/mol. The van der Waals surface area contributed by atoms with Crippen LogP contribution in [0.5, 0.6) is 0 Å². The molecule has 0 saturated carbocycles. The quantitative estimate of drug-likeness (QED) is 0.496. The van der Waals surface area contributed by atoms with Gasteiger partial charge in [-0.1, -0.05) is 0 Å². The molecule has 104 valence electrons. The fourth-order valence-electron chi connectivity index (χ4n) is 1.63. The molecule has 3 N–H and O–H groups in total. The molecule has 0 aromatic carbocycles. The summed E-state index contributed by atoms with van der Waals surface area (Å²) in [5.74, 6) is -1.44. The molecule has 0 unspecified atom stereocenters. The average Bonchev–Trinajstić information content (AvgIpc) is 2.27. The van der Waals surface area contributed by atoms with E-state index in [2.05, 4.69) is 0 Å². The maximum atomic E-state index is 10.9. The SMILES string of the molecule is CC(=O)O[C@@H]1O[C@H](CO)[C@H](O)[C@H](O)[C@H]1OC(C)=O. The molecule has 0 amide bonds. The molecule has 1 aliphatic heterocycles. The summed E-state index contributed by atoms with van der Waals surface area (Å²) in [6.07, 6.45) is -6.82. The van der Waals surface area contributed by atoms with E-state index in [0.717, 1.165) is 13.8 Å². The van der Waals surface area contributed by atoms with Crippen molar-refractivity contribution in [2.45, 2.75) is 44.6 Å². The average molecular weight is 264 g/mol. The van der Waals surface area contributed by atoms with Crippen molar-refractivity contribution >= 4 is 11.9 Å². The number of hydrogen-bond acceptors (Lipinski definition) is 8. The Morgan fingerprint density at radius 2 is 1.67 bits per heavy atom. The van der Waals surface area contributed by atoms with E-state index in [0.29, 0.717) is 0 Å². The Bertz CT molecular complexity index is 317. The van der Waals surface area contributed by atoms with Crippen LogP contribution in [0.2, 0.25) is 0 Å². The van der Waals surface area contributed by atoms with E-state index in [1.54, 1.807) is 0 Å². The van der Waals surface area contributed by atoms with Gasteiger partial charge in [-0.05, 0) is 0 Å². The molecule has 0 spiro atoms. The molecule has 8 nitrogen and oxygen atoms in total. The van der Waals surface area contributed by atoms with Crippen LogP contribution < -0.4 is 0 Å². The molecule has 1 saturated heterocycles. The number of aliphatic hydroxyl groups is 3. The number of aliphatic hydroxyl groups excluding tert-OH is 3. The summed E-state index contributed by atoms with van der Waals surface area (Å²) >= 11 is 0. The lowest BCUT2D eigenvalue weighted by molar-refractivity contribution is -0.295. The van der Waals surface area contributed by atoms with Crippen LogP contribution in [-0.4, -0.2) is 64.6 Å². The second kappa shape index (κ2) is 6.10. The Hall–Kier alpha value is -1.22. The lowest BCUT2D eigenvalue weighted by Gasteiger charge is -2.40. The molecule has 0 aromatic rings. The number of carbonyl (C=O) groups is 2. The van der Waals surface area contributed by atoms with Crippen molar-refractivity contribution in [2.24, 2.45) is 0 Å². The maximum absolute atomic E-state index is 10.9. The van der Waals surface area contributed by atoms with Gasteiger partial charge >= 0.3 is 11.9 Å². The molecule has 0 aliphatic carbocycles. The monoisotopic (exact) mass is 264 g/mol. The summed E-state index contributed by atoms with van der Waals surface area (Å²) in [6.45, 7) is 1.63. The smallest absolute Gasteiger partial charge is 0.305 e. The van der Waals surface area contributed by atoms with E-state index < -0.39 is 49.3 Å². The minimum atomic E-state index is -1.52. The van der Waals surface area contributed by atoms with E-state index in [1.165, 1.54) is 0 Å². The summed E-state index contributed by atoms with van der Waals surface area (Å²) in [5.41, 5.74) is 0. The van der Waals surface area contributed by atoms with Crippen molar-refractivity contribution in [1.29, 1.82) is 0 Å². The highest BCUT2D eigenvalue weighted by Crippen LogP contribution is 2.24. The van der Waals surface area contributed by atoms with Crippen molar-refractivity contribution in [2.75, 3.05) is 6.61 Å². The van der Waals surface area contributed by atoms with E-state index in [-0.39, 0.29) is 0 Å². The van der Waals surface area contributed by atoms with Gasteiger partial charge < -0.3 is 29.5 Å². The molecule has 18 heavy (non-hydrogen) atoms. The van der Waals surface area contributed by atoms with Gasteiger partial charge in [0, 0.05) is 13.8 Å². The van der Waals surface area contributed by atoms with Gasteiger partial charge in [-0.3, -0.25) is 9.59 Å². The molecule has 1 aliphatic rings. The Morgan fingerprint density at radius 3 is 2.11 bits per heavy atom. The van der Waals surface area contributed by atoms with Crippen molar-refractivity contribution < 1.29 is 39.1 Å². The van der Waals surface area contributed by atoms with Crippen LogP contribution in [-0.2, 0) is 23.8 Å². The highest BCUT2D eigenvalue weighted by Gasteiger charge is 2.47. The van der Waals surface area contributed by atoms with Gasteiger partial charge in [-0.15, -0.1) is 0 Å². The van der Waals surface area contributed by atoms with Gasteiger partial charge in [-0.2, -0.15) is 0 Å². The van der Waals surface area contributed by atoms with E-state index in [4.69, 9.17) is 19.3 Å². The molecular weight excluding hydrogens is 248 g/mol. The van der Waals surface area contributed by atoms with Gasteiger partial charge in [0.15, 0.2) is 6.10 Å². The normalized spacial score (nSPS) is 35.9. The first-order valence-electron chi connectivity index (χ1n) is 5.33.